The Morgan fingerprint density at radius 3 is 2.76 bits per heavy atom. The first-order valence-corrected chi connectivity index (χ1v) is 8.45. The zero-order valence-corrected chi connectivity index (χ0v) is 13.8. The van der Waals surface area contributed by atoms with Gasteiger partial charge in [-0.25, -0.2) is 9.97 Å². The van der Waals surface area contributed by atoms with Crippen LogP contribution in [-0.2, 0) is 5.75 Å². The highest BCUT2D eigenvalue weighted by molar-refractivity contribution is 7.98. The fourth-order valence-electron chi connectivity index (χ4n) is 2.32. The molecule has 0 aliphatic rings. The van der Waals surface area contributed by atoms with E-state index in [0.717, 1.165) is 16.9 Å². The lowest BCUT2D eigenvalue weighted by Gasteiger charge is -2.04. The van der Waals surface area contributed by atoms with Crippen molar-refractivity contribution in [3.63, 3.8) is 0 Å². The van der Waals surface area contributed by atoms with Crippen molar-refractivity contribution in [1.82, 2.24) is 19.6 Å². The van der Waals surface area contributed by atoms with E-state index in [2.05, 4.69) is 15.1 Å². The molecule has 25 heavy (non-hydrogen) atoms. The molecule has 0 atom stereocenters. The van der Waals surface area contributed by atoms with Crippen molar-refractivity contribution in [2.75, 3.05) is 5.73 Å². The molecule has 4 rings (SSSR count). The molecule has 0 fully saturated rings. The fourth-order valence-corrected chi connectivity index (χ4v) is 3.18. The maximum atomic E-state index is 10.7. The summed E-state index contributed by atoms with van der Waals surface area (Å²) in [6.45, 7) is 0. The molecule has 0 spiro atoms. The number of fused-ring (bicyclic) bond motifs is 1. The third-order valence-electron chi connectivity index (χ3n) is 3.57. The number of carbonyl (C=O) groups is 1. The Kier molecular flexibility index (Phi) is 3.95. The van der Waals surface area contributed by atoms with E-state index in [1.54, 1.807) is 30.5 Å². The smallest absolute Gasteiger partial charge is 0.224 e. The van der Waals surface area contributed by atoms with Gasteiger partial charge in [0.05, 0.1) is 6.26 Å². The van der Waals surface area contributed by atoms with Crippen LogP contribution < -0.4 is 5.73 Å². The summed E-state index contributed by atoms with van der Waals surface area (Å²) in [6.07, 6.45) is 2.40. The summed E-state index contributed by atoms with van der Waals surface area (Å²) in [5.41, 5.74) is 8.36. The topological polar surface area (TPSA) is 99.3 Å². The number of hydrogen-bond acceptors (Lipinski definition) is 7. The van der Waals surface area contributed by atoms with Crippen LogP contribution in [-0.4, -0.2) is 25.9 Å². The molecule has 0 aliphatic heterocycles. The SMILES string of the molecule is Nc1nc(SCc2ccc(C=O)cc2)cc2nc(-c3ccco3)nn12. The van der Waals surface area contributed by atoms with Gasteiger partial charge in [0.2, 0.25) is 11.8 Å². The second kappa shape index (κ2) is 6.40. The van der Waals surface area contributed by atoms with Gasteiger partial charge in [0.1, 0.15) is 11.3 Å². The molecule has 3 aromatic heterocycles. The fraction of sp³-hybridized carbons (Fsp3) is 0.0588. The Morgan fingerprint density at radius 2 is 2.04 bits per heavy atom. The van der Waals surface area contributed by atoms with E-state index in [4.69, 9.17) is 10.2 Å². The number of aromatic nitrogens is 4. The van der Waals surface area contributed by atoms with Gasteiger partial charge in [-0.3, -0.25) is 4.79 Å². The summed E-state index contributed by atoms with van der Waals surface area (Å²) in [5.74, 6) is 2.01. The maximum Gasteiger partial charge on any atom is 0.224 e. The zero-order chi connectivity index (χ0) is 17.2. The lowest BCUT2D eigenvalue weighted by Crippen LogP contribution is -2.02. The quantitative estimate of drug-likeness (QED) is 0.335. The van der Waals surface area contributed by atoms with Gasteiger partial charge in [-0.05, 0) is 17.7 Å². The van der Waals surface area contributed by atoms with Gasteiger partial charge >= 0.3 is 0 Å². The lowest BCUT2D eigenvalue weighted by molar-refractivity contribution is 0.112. The molecule has 3 heterocycles. The predicted molar refractivity (Wildman–Crippen MR) is 94.3 cm³/mol. The number of hydrogen-bond donors (Lipinski definition) is 1. The van der Waals surface area contributed by atoms with E-state index in [-0.39, 0.29) is 5.95 Å². The van der Waals surface area contributed by atoms with Crippen LogP contribution >= 0.6 is 11.8 Å². The van der Waals surface area contributed by atoms with Crippen molar-refractivity contribution in [3.8, 4) is 11.6 Å². The van der Waals surface area contributed by atoms with Crippen molar-refractivity contribution in [1.29, 1.82) is 0 Å². The Morgan fingerprint density at radius 1 is 1.20 bits per heavy atom. The lowest BCUT2D eigenvalue weighted by atomic mass is 10.2. The molecule has 0 radical (unpaired) electrons. The van der Waals surface area contributed by atoms with Crippen LogP contribution in [0.4, 0.5) is 5.95 Å². The molecule has 0 unspecified atom stereocenters. The highest BCUT2D eigenvalue weighted by Crippen LogP contribution is 2.25. The number of carbonyl (C=O) groups excluding carboxylic acids is 1. The summed E-state index contributed by atoms with van der Waals surface area (Å²) in [6, 6.07) is 12.8. The van der Waals surface area contributed by atoms with Crippen molar-refractivity contribution < 1.29 is 9.21 Å². The van der Waals surface area contributed by atoms with Crippen LogP contribution in [0.1, 0.15) is 15.9 Å². The van der Waals surface area contributed by atoms with Gasteiger partial charge < -0.3 is 10.2 Å². The van der Waals surface area contributed by atoms with Gasteiger partial charge in [0.25, 0.3) is 0 Å². The second-order valence-corrected chi connectivity index (χ2v) is 6.28. The molecule has 124 valence electrons. The molecule has 2 N–H and O–H groups in total. The average molecular weight is 351 g/mol. The standard InChI is InChI=1S/C17H13N5O2S/c18-17-20-15(25-10-12-5-3-11(9-23)4-6-12)8-14-19-16(21-22(14)17)13-2-1-7-24-13/h1-9H,10H2,(H2,18,20). The predicted octanol–water partition coefficient (Wildman–Crippen LogP) is 3.07. The number of nitrogens with two attached hydrogens (primary N) is 1. The van der Waals surface area contributed by atoms with Gasteiger partial charge in [-0.2, -0.15) is 4.52 Å². The molecular formula is C17H13N5O2S. The van der Waals surface area contributed by atoms with Crippen LogP contribution in [0.5, 0.6) is 0 Å². The highest BCUT2D eigenvalue weighted by Gasteiger charge is 2.12. The van der Waals surface area contributed by atoms with E-state index >= 15 is 0 Å². The molecule has 0 aliphatic carbocycles. The molecule has 0 saturated heterocycles. The largest absolute Gasteiger partial charge is 0.461 e. The first-order chi connectivity index (χ1) is 12.2. The van der Waals surface area contributed by atoms with Crippen LogP contribution in [0.25, 0.3) is 17.2 Å². The van der Waals surface area contributed by atoms with Gasteiger partial charge in [0.15, 0.2) is 11.4 Å². The minimum Gasteiger partial charge on any atom is -0.461 e. The minimum absolute atomic E-state index is 0.265. The molecule has 4 aromatic rings. The van der Waals surface area contributed by atoms with Crippen LogP contribution in [0.15, 0.2) is 58.2 Å². The van der Waals surface area contributed by atoms with Crippen LogP contribution in [0.3, 0.4) is 0 Å². The number of nitrogens with zero attached hydrogens (tertiary/aromatic N) is 4. The Bertz CT molecular complexity index is 1030. The van der Waals surface area contributed by atoms with Gasteiger partial charge in [0, 0.05) is 17.4 Å². The van der Waals surface area contributed by atoms with Crippen molar-refractivity contribution in [2.45, 2.75) is 10.8 Å². The van der Waals surface area contributed by atoms with Gasteiger partial charge in [-0.15, -0.1) is 16.9 Å². The van der Waals surface area contributed by atoms with Crippen LogP contribution in [0, 0.1) is 0 Å². The number of furan rings is 1. The van der Waals surface area contributed by atoms with E-state index in [1.807, 2.05) is 18.2 Å². The third-order valence-corrected chi connectivity index (χ3v) is 4.55. The molecular weight excluding hydrogens is 338 g/mol. The van der Waals surface area contributed by atoms with Crippen molar-refractivity contribution in [3.05, 3.63) is 59.9 Å². The number of nitrogen functional groups attached to an aromatic ring is 1. The number of rotatable bonds is 5. The van der Waals surface area contributed by atoms with E-state index in [0.29, 0.717) is 28.5 Å². The molecule has 7 nitrogen and oxygen atoms in total. The molecule has 1 aromatic carbocycles. The molecule has 0 saturated carbocycles. The molecule has 0 bridgehead atoms. The molecule has 8 heteroatoms. The van der Waals surface area contributed by atoms with Crippen molar-refractivity contribution in [2.24, 2.45) is 0 Å². The zero-order valence-electron chi connectivity index (χ0n) is 13.0. The Balaban J connectivity index is 1.58. The molecule has 0 amide bonds. The number of benzene rings is 1. The summed E-state index contributed by atoms with van der Waals surface area (Å²) < 4.78 is 6.80. The maximum absolute atomic E-state index is 10.7. The monoisotopic (exact) mass is 351 g/mol. The van der Waals surface area contributed by atoms with Crippen LogP contribution in [0.2, 0.25) is 0 Å². The number of anilines is 1. The van der Waals surface area contributed by atoms with Crippen molar-refractivity contribution >= 4 is 29.6 Å². The van der Waals surface area contributed by atoms with E-state index in [1.165, 1.54) is 16.3 Å². The summed E-state index contributed by atoms with van der Waals surface area (Å²) in [4.78, 5) is 19.5. The first-order valence-electron chi connectivity index (χ1n) is 7.47. The second-order valence-electron chi connectivity index (χ2n) is 5.28. The Labute approximate surface area is 146 Å². The summed E-state index contributed by atoms with van der Waals surface area (Å²) >= 11 is 1.54. The van der Waals surface area contributed by atoms with E-state index in [9.17, 15) is 4.79 Å². The highest BCUT2D eigenvalue weighted by atomic mass is 32.2. The normalized spacial score (nSPS) is 11.0. The number of thioether (sulfide) groups is 1. The Hall–Kier alpha value is -3.13. The minimum atomic E-state index is 0.265. The third kappa shape index (κ3) is 3.11. The average Bonchev–Trinajstić information content (AvgIpc) is 3.30. The van der Waals surface area contributed by atoms with Gasteiger partial charge in [-0.1, -0.05) is 24.3 Å². The first kappa shape index (κ1) is 15.4. The number of aldehydes is 1. The van der Waals surface area contributed by atoms with E-state index < -0.39 is 0 Å². The summed E-state index contributed by atoms with van der Waals surface area (Å²) in [5, 5.41) is 5.07. The summed E-state index contributed by atoms with van der Waals surface area (Å²) in [7, 11) is 0.